The first-order chi connectivity index (χ1) is 8.02. The molecule has 0 saturated carbocycles. The lowest BCUT2D eigenvalue weighted by atomic mass is 9.88. The molecule has 0 aliphatic heterocycles. The molecule has 1 aliphatic rings. The smallest absolute Gasteiger partial charge is 0.221 e. The zero-order chi connectivity index (χ0) is 12.6. The monoisotopic (exact) mass is 229 g/mol. The highest BCUT2D eigenvalue weighted by Crippen LogP contribution is 2.24. The van der Waals surface area contributed by atoms with Crippen LogP contribution in [0.25, 0.3) is 0 Å². The van der Waals surface area contributed by atoms with E-state index in [0.29, 0.717) is 11.1 Å². The molecule has 0 radical (unpaired) electrons. The van der Waals surface area contributed by atoms with Gasteiger partial charge in [-0.05, 0) is 6.92 Å². The Bertz CT molecular complexity index is 570. The Morgan fingerprint density at radius 2 is 1.59 bits per heavy atom. The maximum absolute atomic E-state index is 12.1. The van der Waals surface area contributed by atoms with Gasteiger partial charge in [-0.3, -0.25) is 14.4 Å². The summed E-state index contributed by atoms with van der Waals surface area (Å²) in [5.74, 6) is -0.892. The predicted octanol–water partition coefficient (Wildman–Crippen LogP) is 1.48. The van der Waals surface area contributed by atoms with Crippen LogP contribution < -0.4 is 5.32 Å². The summed E-state index contributed by atoms with van der Waals surface area (Å²) in [5, 5.41) is 2.42. The number of hydrogen-bond acceptors (Lipinski definition) is 3. The standard InChI is InChI=1S/C13H11NO3/c1-7-11(14-8(2)15)13(17)10-6-4-3-5-9(10)12(7)16/h3-6H,1-2H3,(H,14,15). The third-order valence-corrected chi connectivity index (χ3v) is 2.66. The maximum Gasteiger partial charge on any atom is 0.221 e. The van der Waals surface area contributed by atoms with Crippen molar-refractivity contribution < 1.29 is 14.4 Å². The van der Waals surface area contributed by atoms with Gasteiger partial charge in [0.1, 0.15) is 0 Å². The van der Waals surface area contributed by atoms with Crippen LogP contribution in [0.3, 0.4) is 0 Å². The molecule has 0 spiro atoms. The van der Waals surface area contributed by atoms with Gasteiger partial charge in [0.05, 0.1) is 5.70 Å². The molecule has 4 nitrogen and oxygen atoms in total. The first-order valence-corrected chi connectivity index (χ1v) is 5.19. The molecule has 86 valence electrons. The first-order valence-electron chi connectivity index (χ1n) is 5.19. The van der Waals surface area contributed by atoms with E-state index in [4.69, 9.17) is 0 Å². The van der Waals surface area contributed by atoms with Gasteiger partial charge in [-0.25, -0.2) is 0 Å². The number of nitrogens with one attached hydrogen (secondary N) is 1. The number of rotatable bonds is 1. The lowest BCUT2D eigenvalue weighted by Gasteiger charge is -2.18. The number of amides is 1. The van der Waals surface area contributed by atoms with Crippen LogP contribution in [-0.4, -0.2) is 17.5 Å². The molecule has 1 aromatic rings. The number of hydrogen-bond donors (Lipinski definition) is 1. The van der Waals surface area contributed by atoms with Crippen molar-refractivity contribution in [3.05, 3.63) is 46.7 Å². The fourth-order valence-corrected chi connectivity index (χ4v) is 1.83. The Labute approximate surface area is 98.3 Å². The Balaban J connectivity index is 2.58. The highest BCUT2D eigenvalue weighted by Gasteiger charge is 2.29. The molecule has 2 rings (SSSR count). The quantitative estimate of drug-likeness (QED) is 0.793. The van der Waals surface area contributed by atoms with Gasteiger partial charge in [0.25, 0.3) is 0 Å². The second kappa shape index (κ2) is 3.97. The van der Waals surface area contributed by atoms with Gasteiger partial charge in [0.15, 0.2) is 5.78 Å². The Morgan fingerprint density at radius 3 is 2.12 bits per heavy atom. The average molecular weight is 229 g/mol. The molecule has 17 heavy (non-hydrogen) atoms. The predicted molar refractivity (Wildman–Crippen MR) is 61.6 cm³/mol. The third-order valence-electron chi connectivity index (χ3n) is 2.66. The summed E-state index contributed by atoms with van der Waals surface area (Å²) < 4.78 is 0. The molecule has 0 saturated heterocycles. The number of allylic oxidation sites excluding steroid dienone is 2. The number of Topliss-reactive ketones (excluding diaryl/α,β-unsaturated/α-hetero) is 2. The van der Waals surface area contributed by atoms with E-state index >= 15 is 0 Å². The molecule has 0 bridgehead atoms. The molecule has 1 amide bonds. The summed E-state index contributed by atoms with van der Waals surface area (Å²) in [5.41, 5.74) is 1.10. The van der Waals surface area contributed by atoms with E-state index in [0.717, 1.165) is 0 Å². The second-order valence-electron chi connectivity index (χ2n) is 3.89. The lowest BCUT2D eigenvalue weighted by molar-refractivity contribution is -0.118. The van der Waals surface area contributed by atoms with E-state index in [2.05, 4.69) is 5.32 Å². The number of fused-ring (bicyclic) bond motifs is 1. The molecule has 0 atom stereocenters. The van der Waals surface area contributed by atoms with E-state index in [-0.39, 0.29) is 28.7 Å². The van der Waals surface area contributed by atoms with Crippen molar-refractivity contribution in [2.45, 2.75) is 13.8 Å². The highest BCUT2D eigenvalue weighted by atomic mass is 16.2. The normalized spacial score (nSPS) is 14.7. The second-order valence-corrected chi connectivity index (χ2v) is 3.89. The van der Waals surface area contributed by atoms with Crippen molar-refractivity contribution in [3.8, 4) is 0 Å². The number of ketones is 2. The fourth-order valence-electron chi connectivity index (χ4n) is 1.83. The molecule has 1 N–H and O–H groups in total. The summed E-state index contributed by atoms with van der Waals surface area (Å²) in [6.45, 7) is 2.85. The zero-order valence-corrected chi connectivity index (χ0v) is 9.53. The summed E-state index contributed by atoms with van der Waals surface area (Å²) in [7, 11) is 0. The van der Waals surface area contributed by atoms with Crippen LogP contribution in [-0.2, 0) is 4.79 Å². The Morgan fingerprint density at radius 1 is 1.06 bits per heavy atom. The van der Waals surface area contributed by atoms with Crippen molar-refractivity contribution in [1.82, 2.24) is 5.32 Å². The topological polar surface area (TPSA) is 63.2 Å². The Hall–Kier alpha value is -2.23. The van der Waals surface area contributed by atoms with Crippen molar-refractivity contribution >= 4 is 17.5 Å². The van der Waals surface area contributed by atoms with E-state index < -0.39 is 0 Å². The zero-order valence-electron chi connectivity index (χ0n) is 9.53. The van der Waals surface area contributed by atoms with Crippen molar-refractivity contribution in [2.75, 3.05) is 0 Å². The van der Waals surface area contributed by atoms with Gasteiger partial charge in [-0.15, -0.1) is 0 Å². The van der Waals surface area contributed by atoms with Crippen LogP contribution in [0.4, 0.5) is 0 Å². The maximum atomic E-state index is 12.1. The summed E-state index contributed by atoms with van der Waals surface area (Å²) in [6.07, 6.45) is 0. The van der Waals surface area contributed by atoms with Gasteiger partial charge >= 0.3 is 0 Å². The van der Waals surface area contributed by atoms with Crippen LogP contribution in [0.5, 0.6) is 0 Å². The van der Waals surface area contributed by atoms with E-state index in [1.165, 1.54) is 6.92 Å². The molecule has 0 heterocycles. The van der Waals surface area contributed by atoms with Crippen LogP contribution >= 0.6 is 0 Å². The summed E-state index contributed by atoms with van der Waals surface area (Å²) >= 11 is 0. The molecule has 0 fully saturated rings. The summed E-state index contributed by atoms with van der Waals surface area (Å²) in [4.78, 5) is 35.1. The van der Waals surface area contributed by atoms with Crippen molar-refractivity contribution in [1.29, 1.82) is 0 Å². The number of carbonyl (C=O) groups is 3. The van der Waals surface area contributed by atoms with Gasteiger partial charge in [-0.1, -0.05) is 24.3 Å². The minimum atomic E-state index is -0.361. The number of benzene rings is 1. The average Bonchev–Trinajstić information content (AvgIpc) is 2.31. The molecular weight excluding hydrogens is 218 g/mol. The van der Waals surface area contributed by atoms with Gasteiger partial charge < -0.3 is 5.32 Å². The summed E-state index contributed by atoms with van der Waals surface area (Å²) in [6, 6.07) is 6.60. The van der Waals surface area contributed by atoms with E-state index in [1.807, 2.05) is 0 Å². The Kier molecular flexibility index (Phi) is 2.63. The van der Waals surface area contributed by atoms with Crippen molar-refractivity contribution in [3.63, 3.8) is 0 Å². The first kappa shape index (κ1) is 11.3. The SMILES string of the molecule is CC(=O)NC1=C(C)C(=O)c2ccccc2C1=O. The van der Waals surface area contributed by atoms with Crippen LogP contribution in [0, 0.1) is 0 Å². The molecule has 1 aliphatic carbocycles. The van der Waals surface area contributed by atoms with Gasteiger partial charge in [-0.2, -0.15) is 0 Å². The van der Waals surface area contributed by atoms with E-state index in [9.17, 15) is 14.4 Å². The minimum absolute atomic E-state index is 0.0844. The van der Waals surface area contributed by atoms with Gasteiger partial charge in [0.2, 0.25) is 11.7 Å². The van der Waals surface area contributed by atoms with Crippen LogP contribution in [0.2, 0.25) is 0 Å². The van der Waals surface area contributed by atoms with Crippen LogP contribution in [0.1, 0.15) is 34.6 Å². The lowest BCUT2D eigenvalue weighted by Crippen LogP contribution is -2.32. The van der Waals surface area contributed by atoms with Crippen molar-refractivity contribution in [2.24, 2.45) is 0 Å². The molecular formula is C13H11NO3. The molecule has 1 aromatic carbocycles. The molecule has 0 aromatic heterocycles. The highest BCUT2D eigenvalue weighted by molar-refractivity contribution is 6.27. The van der Waals surface area contributed by atoms with Gasteiger partial charge in [0, 0.05) is 23.6 Å². The molecule has 4 heteroatoms. The molecule has 0 unspecified atom stereocenters. The largest absolute Gasteiger partial charge is 0.323 e. The number of carbonyl (C=O) groups excluding carboxylic acids is 3. The minimum Gasteiger partial charge on any atom is -0.323 e. The van der Waals surface area contributed by atoms with Crippen LogP contribution in [0.15, 0.2) is 35.5 Å². The van der Waals surface area contributed by atoms with E-state index in [1.54, 1.807) is 31.2 Å². The fraction of sp³-hybridized carbons (Fsp3) is 0.154. The third kappa shape index (κ3) is 1.78.